The molecule has 7 nitrogen and oxygen atoms in total. The van der Waals surface area contributed by atoms with Crippen molar-refractivity contribution in [2.75, 3.05) is 43.3 Å². The minimum absolute atomic E-state index is 0.0553. The number of nitrogens with two attached hydrogens (primary N) is 1. The van der Waals surface area contributed by atoms with Crippen LogP contribution >= 0.6 is 0 Å². The summed E-state index contributed by atoms with van der Waals surface area (Å²) in [5, 5.41) is 3.53. The smallest absolute Gasteiger partial charge is 0.414 e. The van der Waals surface area contributed by atoms with Crippen molar-refractivity contribution in [2.45, 2.75) is 39.0 Å². The lowest BCUT2D eigenvalue weighted by Gasteiger charge is -2.34. The molecule has 0 bridgehead atoms. The van der Waals surface area contributed by atoms with Crippen LogP contribution in [0.25, 0.3) is 0 Å². The molecule has 1 aromatic heterocycles. The van der Waals surface area contributed by atoms with Gasteiger partial charge in [0.05, 0.1) is 37.5 Å². The van der Waals surface area contributed by atoms with Crippen LogP contribution in [0.3, 0.4) is 0 Å². The SMILES string of the molecule is C#Cc1ccc(N)c(NCC2(C)CCCCC(CN(C(=O)OC)c3ccc(OC)nc3)C2)c1. The fourth-order valence-electron chi connectivity index (χ4n) is 4.62. The maximum Gasteiger partial charge on any atom is 0.414 e. The number of rotatable bonds is 7. The van der Waals surface area contributed by atoms with Gasteiger partial charge in [0.2, 0.25) is 5.88 Å². The number of terminal acetylenes is 1. The number of amides is 1. The molecule has 0 saturated heterocycles. The van der Waals surface area contributed by atoms with Crippen LogP contribution in [0, 0.1) is 23.7 Å². The topological polar surface area (TPSA) is 89.7 Å². The number of carbonyl (C=O) groups excluding carboxylic acids is 1. The lowest BCUT2D eigenvalue weighted by atomic mass is 9.79. The molecule has 3 rings (SSSR count). The third-order valence-corrected chi connectivity index (χ3v) is 6.43. The number of carbonyl (C=O) groups is 1. The Morgan fingerprint density at radius 2 is 2.15 bits per heavy atom. The highest BCUT2D eigenvalue weighted by Gasteiger charge is 2.33. The molecule has 1 aliphatic carbocycles. The highest BCUT2D eigenvalue weighted by Crippen LogP contribution is 2.39. The van der Waals surface area contributed by atoms with Crippen molar-refractivity contribution in [3.8, 4) is 18.2 Å². The van der Waals surface area contributed by atoms with Crippen molar-refractivity contribution in [3.63, 3.8) is 0 Å². The molecule has 0 radical (unpaired) electrons. The summed E-state index contributed by atoms with van der Waals surface area (Å²) >= 11 is 0. The highest BCUT2D eigenvalue weighted by atomic mass is 16.5. The summed E-state index contributed by atoms with van der Waals surface area (Å²) in [4.78, 5) is 18.5. The van der Waals surface area contributed by atoms with Crippen molar-refractivity contribution in [1.82, 2.24) is 4.98 Å². The Balaban J connectivity index is 1.73. The predicted molar refractivity (Wildman–Crippen MR) is 133 cm³/mol. The molecule has 0 aliphatic heterocycles. The number of methoxy groups -OCH3 is 2. The Morgan fingerprint density at radius 3 is 2.82 bits per heavy atom. The third kappa shape index (κ3) is 6.32. The number of aromatic nitrogens is 1. The zero-order valence-electron chi connectivity index (χ0n) is 19.8. The van der Waals surface area contributed by atoms with Crippen LogP contribution in [-0.2, 0) is 4.74 Å². The Kier molecular flexibility index (Phi) is 8.05. The van der Waals surface area contributed by atoms with E-state index in [0.717, 1.165) is 49.9 Å². The van der Waals surface area contributed by atoms with E-state index < -0.39 is 0 Å². The monoisotopic (exact) mass is 450 g/mol. The van der Waals surface area contributed by atoms with E-state index in [-0.39, 0.29) is 11.5 Å². The van der Waals surface area contributed by atoms with Crippen molar-refractivity contribution < 1.29 is 14.3 Å². The Hall–Kier alpha value is -3.40. The maximum atomic E-state index is 12.6. The molecule has 3 N–H and O–H groups in total. The largest absolute Gasteiger partial charge is 0.481 e. The van der Waals surface area contributed by atoms with Crippen LogP contribution in [0.4, 0.5) is 21.9 Å². The molecule has 1 amide bonds. The molecule has 2 atom stereocenters. The number of ether oxygens (including phenoxy) is 2. The number of hydrogen-bond acceptors (Lipinski definition) is 6. The van der Waals surface area contributed by atoms with E-state index in [1.807, 2.05) is 24.3 Å². The second-order valence-corrected chi connectivity index (χ2v) is 9.07. The quantitative estimate of drug-likeness (QED) is 0.353. The van der Waals surface area contributed by atoms with E-state index in [0.29, 0.717) is 29.7 Å². The van der Waals surface area contributed by atoms with Crippen molar-refractivity contribution >= 4 is 23.2 Å². The minimum atomic E-state index is -0.384. The Morgan fingerprint density at radius 1 is 1.33 bits per heavy atom. The van der Waals surface area contributed by atoms with E-state index >= 15 is 0 Å². The van der Waals surface area contributed by atoms with Gasteiger partial charge in [-0.15, -0.1) is 6.42 Å². The number of hydrogen-bond donors (Lipinski definition) is 2. The van der Waals surface area contributed by atoms with E-state index in [2.05, 4.69) is 23.1 Å². The molecule has 0 spiro atoms. The number of benzene rings is 1. The van der Waals surface area contributed by atoms with Crippen LogP contribution in [0.1, 0.15) is 44.6 Å². The van der Waals surface area contributed by atoms with Gasteiger partial charge >= 0.3 is 6.09 Å². The van der Waals surface area contributed by atoms with Crippen molar-refractivity contribution in [1.29, 1.82) is 0 Å². The Bertz CT molecular complexity index is 986. The molecule has 1 aliphatic rings. The maximum absolute atomic E-state index is 12.6. The van der Waals surface area contributed by atoms with Gasteiger partial charge in [-0.1, -0.05) is 25.7 Å². The molecule has 1 saturated carbocycles. The molecule has 33 heavy (non-hydrogen) atoms. The summed E-state index contributed by atoms with van der Waals surface area (Å²) in [5.41, 5.74) is 9.27. The lowest BCUT2D eigenvalue weighted by Crippen LogP contribution is -2.37. The summed E-state index contributed by atoms with van der Waals surface area (Å²) in [6.45, 7) is 3.66. The molecule has 1 aromatic carbocycles. The Labute approximate surface area is 196 Å². The minimum Gasteiger partial charge on any atom is -0.481 e. The molecule has 1 heterocycles. The van der Waals surface area contributed by atoms with Gasteiger partial charge in [-0.05, 0) is 54.9 Å². The second-order valence-electron chi connectivity index (χ2n) is 9.07. The fraction of sp³-hybridized carbons (Fsp3) is 0.462. The van der Waals surface area contributed by atoms with Gasteiger partial charge in [-0.25, -0.2) is 9.78 Å². The van der Waals surface area contributed by atoms with Crippen LogP contribution in [0.5, 0.6) is 5.88 Å². The fourth-order valence-corrected chi connectivity index (χ4v) is 4.62. The first-order valence-electron chi connectivity index (χ1n) is 11.3. The molecular weight excluding hydrogens is 416 g/mol. The zero-order valence-corrected chi connectivity index (χ0v) is 19.8. The third-order valence-electron chi connectivity index (χ3n) is 6.43. The zero-order chi connectivity index (χ0) is 23.8. The van der Waals surface area contributed by atoms with Crippen molar-refractivity contribution in [2.24, 2.45) is 11.3 Å². The summed E-state index contributed by atoms with van der Waals surface area (Å²) in [5.74, 6) is 3.49. The summed E-state index contributed by atoms with van der Waals surface area (Å²) in [6.07, 6.45) is 12.2. The number of nitrogens with one attached hydrogen (secondary N) is 1. The molecular formula is C26H34N4O3. The number of anilines is 3. The standard InChI is InChI=1S/C26H34N4O3/c1-5-19-9-11-22(27)23(14-19)29-18-26(2)13-7-6-8-20(15-26)17-30(25(31)33-4)21-10-12-24(32-3)28-16-21/h1,9-12,14,16,20,29H,6-8,13,15,17-18,27H2,2-4H3. The summed E-state index contributed by atoms with van der Waals surface area (Å²) in [7, 11) is 2.97. The van der Waals surface area contributed by atoms with Gasteiger partial charge < -0.3 is 20.5 Å². The van der Waals surface area contributed by atoms with Gasteiger partial charge in [-0.2, -0.15) is 0 Å². The van der Waals surface area contributed by atoms with E-state index in [1.54, 1.807) is 24.3 Å². The molecule has 2 unspecified atom stereocenters. The van der Waals surface area contributed by atoms with Crippen LogP contribution in [0.2, 0.25) is 0 Å². The average Bonchev–Trinajstić information content (AvgIpc) is 3.03. The van der Waals surface area contributed by atoms with Crippen LogP contribution in [-0.4, -0.2) is 38.4 Å². The molecule has 2 aromatic rings. The van der Waals surface area contributed by atoms with Gasteiger partial charge in [-0.3, -0.25) is 4.90 Å². The van der Waals surface area contributed by atoms with E-state index in [4.69, 9.17) is 21.6 Å². The van der Waals surface area contributed by atoms with E-state index in [9.17, 15) is 4.79 Å². The first kappa shape index (κ1) is 24.2. The highest BCUT2D eigenvalue weighted by molar-refractivity contribution is 5.87. The van der Waals surface area contributed by atoms with Crippen LogP contribution < -0.4 is 20.7 Å². The van der Waals surface area contributed by atoms with Crippen molar-refractivity contribution in [3.05, 3.63) is 42.1 Å². The molecule has 1 fully saturated rings. The molecule has 7 heteroatoms. The summed E-state index contributed by atoms with van der Waals surface area (Å²) < 4.78 is 10.2. The number of pyridine rings is 1. The second kappa shape index (κ2) is 11.0. The van der Waals surface area contributed by atoms with Gasteiger partial charge in [0.1, 0.15) is 0 Å². The van der Waals surface area contributed by atoms with Gasteiger partial charge in [0.25, 0.3) is 0 Å². The first-order valence-corrected chi connectivity index (χ1v) is 11.3. The molecule has 176 valence electrons. The lowest BCUT2D eigenvalue weighted by molar-refractivity contribution is 0.175. The van der Waals surface area contributed by atoms with Gasteiger partial charge in [0.15, 0.2) is 0 Å². The number of nitrogens with zero attached hydrogens (tertiary/aromatic N) is 2. The van der Waals surface area contributed by atoms with Crippen LogP contribution in [0.15, 0.2) is 36.5 Å². The number of nitrogen functional groups attached to an aromatic ring is 1. The average molecular weight is 451 g/mol. The van der Waals surface area contributed by atoms with Gasteiger partial charge in [0, 0.05) is 24.7 Å². The summed E-state index contributed by atoms with van der Waals surface area (Å²) in [6, 6.07) is 9.19. The first-order chi connectivity index (χ1) is 15.9. The predicted octanol–water partition coefficient (Wildman–Crippen LogP) is 4.93. The van der Waals surface area contributed by atoms with E-state index in [1.165, 1.54) is 7.11 Å². The normalized spacial score (nSPS) is 20.2.